The van der Waals surface area contributed by atoms with Gasteiger partial charge in [0.25, 0.3) is 0 Å². The van der Waals surface area contributed by atoms with Crippen LogP contribution in [0.25, 0.3) is 23.1 Å². The number of likely N-dealkylation sites (tertiary alicyclic amines) is 1. The number of rotatable bonds is 8. The van der Waals surface area contributed by atoms with Gasteiger partial charge in [-0.25, -0.2) is 0 Å². The van der Waals surface area contributed by atoms with E-state index in [1.807, 2.05) is 90.0 Å². The Bertz CT molecular complexity index is 1670. The molecule has 0 radical (unpaired) electrons. The molecular formula is C33H29Cl3N6O. The van der Waals surface area contributed by atoms with Gasteiger partial charge in [-0.05, 0) is 71.8 Å². The molecule has 0 atom stereocenters. The van der Waals surface area contributed by atoms with Crippen molar-refractivity contribution in [2.45, 2.75) is 0 Å². The zero-order valence-electron chi connectivity index (χ0n) is 23.2. The first-order chi connectivity index (χ1) is 20.9. The van der Waals surface area contributed by atoms with Gasteiger partial charge in [0, 0.05) is 75.9 Å². The summed E-state index contributed by atoms with van der Waals surface area (Å²) < 4.78 is 0. The average molecular weight is 632 g/mol. The van der Waals surface area contributed by atoms with E-state index in [1.165, 1.54) is 0 Å². The Morgan fingerprint density at radius 2 is 1.47 bits per heavy atom. The lowest BCUT2D eigenvalue weighted by atomic mass is 9.94. The Morgan fingerprint density at radius 1 is 0.837 bits per heavy atom. The molecule has 10 heteroatoms. The summed E-state index contributed by atoms with van der Waals surface area (Å²) in [5.41, 5.74) is 12.7. The smallest absolute Gasteiger partial charge is 0.187 e. The molecule has 4 aromatic rings. The maximum Gasteiger partial charge on any atom is 0.187 e. The fraction of sp³-hybridized carbons (Fsp3) is 0.152. The number of hydrogen-bond acceptors (Lipinski definition) is 7. The number of pyridine rings is 1. The third-order valence-electron chi connectivity index (χ3n) is 7.23. The highest BCUT2D eigenvalue weighted by molar-refractivity contribution is 6.31. The van der Waals surface area contributed by atoms with Gasteiger partial charge in [-0.1, -0.05) is 59.1 Å². The van der Waals surface area contributed by atoms with Gasteiger partial charge in [0.1, 0.15) is 0 Å². The first kappa shape index (κ1) is 29.2. The van der Waals surface area contributed by atoms with E-state index in [1.54, 1.807) is 6.20 Å². The minimum absolute atomic E-state index is 0.0474. The molecule has 0 saturated carbocycles. The summed E-state index contributed by atoms with van der Waals surface area (Å²) in [7, 11) is 0. The van der Waals surface area contributed by atoms with Gasteiger partial charge in [0.15, 0.2) is 5.78 Å². The number of ketones is 1. The number of anilines is 1. The summed E-state index contributed by atoms with van der Waals surface area (Å²) in [4.78, 5) is 20.2. The number of fused-ring (bicyclic) bond motifs is 1. The van der Waals surface area contributed by atoms with Crippen LogP contribution >= 0.6 is 34.8 Å². The predicted molar refractivity (Wildman–Crippen MR) is 177 cm³/mol. The minimum atomic E-state index is 0.0474. The number of benzene rings is 3. The molecule has 1 fully saturated rings. The molecule has 0 aliphatic carbocycles. The molecular weight excluding hydrogens is 603 g/mol. The van der Waals surface area contributed by atoms with E-state index in [0.29, 0.717) is 41.2 Å². The predicted octanol–water partition coefficient (Wildman–Crippen LogP) is 6.83. The minimum Gasteiger partial charge on any atom is -0.383 e. The van der Waals surface area contributed by atoms with Crippen molar-refractivity contribution in [1.29, 1.82) is 0 Å². The number of halogens is 3. The number of hydrazine groups is 2. The second kappa shape index (κ2) is 13.2. The maximum atomic E-state index is 13.6. The topological polar surface area (TPSA) is 72.5 Å². The second-order valence-electron chi connectivity index (χ2n) is 10.4. The molecule has 0 spiro atoms. The molecule has 2 aliphatic rings. The van der Waals surface area contributed by atoms with Crippen LogP contribution in [0.15, 0.2) is 102 Å². The lowest BCUT2D eigenvalue weighted by Crippen LogP contribution is -2.42. The first-order valence-corrected chi connectivity index (χ1v) is 15.0. The third-order valence-corrected chi connectivity index (χ3v) is 7.97. The second-order valence-corrected chi connectivity index (χ2v) is 11.8. The molecule has 218 valence electrons. The Balaban J connectivity index is 1.14. The number of nitrogens with zero attached hydrogens (tertiary/aromatic N) is 3. The molecule has 2 aliphatic heterocycles. The van der Waals surface area contributed by atoms with Crippen LogP contribution in [-0.2, 0) is 4.79 Å². The van der Waals surface area contributed by atoms with Gasteiger partial charge in [0.2, 0.25) is 0 Å². The quantitative estimate of drug-likeness (QED) is 0.184. The standard InChI is InChI=1S/C33H29Cl3N6O/c34-26-5-1-22(2-6-26)15-24-18-41(19-25(33(24)43)16-23-3-7-27(35)8-4-23)20-29-21-42(40-39-29)14-13-38-31-11-12-37-32-17-28(36)9-10-30(31)32/h1-12,15-17,21,39-40H,13-14,18-20H2,(H,37,38)/b24-15+,25-16+. The van der Waals surface area contributed by atoms with Crippen molar-refractivity contribution in [3.63, 3.8) is 0 Å². The van der Waals surface area contributed by atoms with Crippen molar-refractivity contribution in [3.8, 4) is 0 Å². The number of aromatic nitrogens is 1. The normalized spacial score (nSPS) is 17.5. The molecule has 0 amide bonds. The molecule has 0 unspecified atom stereocenters. The highest BCUT2D eigenvalue weighted by Gasteiger charge is 2.27. The Hall–Kier alpha value is -3.85. The van der Waals surface area contributed by atoms with Crippen LogP contribution in [0.4, 0.5) is 5.69 Å². The van der Waals surface area contributed by atoms with E-state index >= 15 is 0 Å². The molecule has 7 nitrogen and oxygen atoms in total. The van der Waals surface area contributed by atoms with Crippen molar-refractivity contribution >= 4 is 69.3 Å². The van der Waals surface area contributed by atoms with Crippen molar-refractivity contribution < 1.29 is 4.79 Å². The molecule has 0 bridgehead atoms. The van der Waals surface area contributed by atoms with E-state index in [4.69, 9.17) is 34.8 Å². The Labute approximate surface area is 265 Å². The monoisotopic (exact) mass is 630 g/mol. The lowest BCUT2D eigenvalue weighted by molar-refractivity contribution is -0.113. The summed E-state index contributed by atoms with van der Waals surface area (Å²) >= 11 is 18.3. The summed E-state index contributed by atoms with van der Waals surface area (Å²) in [6.45, 7) is 3.12. The number of nitrogens with one attached hydrogen (secondary N) is 3. The maximum absolute atomic E-state index is 13.6. The van der Waals surface area contributed by atoms with Gasteiger partial charge in [0.05, 0.1) is 17.8 Å². The van der Waals surface area contributed by atoms with Crippen molar-refractivity contribution in [3.05, 3.63) is 128 Å². The van der Waals surface area contributed by atoms with Crippen LogP contribution in [0.3, 0.4) is 0 Å². The van der Waals surface area contributed by atoms with Crippen molar-refractivity contribution in [2.75, 3.05) is 38.0 Å². The largest absolute Gasteiger partial charge is 0.383 e. The molecule has 6 rings (SSSR count). The fourth-order valence-corrected chi connectivity index (χ4v) is 5.58. The zero-order chi connectivity index (χ0) is 29.8. The van der Waals surface area contributed by atoms with Crippen LogP contribution < -0.4 is 16.3 Å². The number of carbonyl (C=O) groups excluding carboxylic acids is 1. The van der Waals surface area contributed by atoms with Gasteiger partial charge < -0.3 is 10.7 Å². The van der Waals surface area contributed by atoms with E-state index in [0.717, 1.165) is 51.1 Å². The lowest BCUT2D eigenvalue weighted by Gasteiger charge is -2.30. The summed E-state index contributed by atoms with van der Waals surface area (Å²) in [5.74, 6) is 0.0474. The van der Waals surface area contributed by atoms with Crippen LogP contribution in [0, 0.1) is 0 Å². The van der Waals surface area contributed by atoms with Crippen LogP contribution in [0.5, 0.6) is 0 Å². The molecule has 43 heavy (non-hydrogen) atoms. The number of carbonyl (C=O) groups is 1. The SMILES string of the molecule is O=C1/C(=C/c2ccc(Cl)cc2)CN(CC2=CN(CCNc3ccnc4cc(Cl)ccc34)NN2)C/C1=C\c1ccc(Cl)cc1. The van der Waals surface area contributed by atoms with Crippen molar-refractivity contribution in [2.24, 2.45) is 0 Å². The van der Waals surface area contributed by atoms with Gasteiger partial charge in [-0.2, -0.15) is 0 Å². The van der Waals surface area contributed by atoms with Crippen LogP contribution in [-0.4, -0.2) is 53.4 Å². The fourth-order valence-electron chi connectivity index (χ4n) is 5.17. The van der Waals surface area contributed by atoms with Gasteiger partial charge in [-0.15, -0.1) is 5.53 Å². The van der Waals surface area contributed by atoms with Crippen LogP contribution in [0.2, 0.25) is 15.1 Å². The highest BCUT2D eigenvalue weighted by atomic mass is 35.5. The average Bonchev–Trinajstić information content (AvgIpc) is 3.44. The summed E-state index contributed by atoms with van der Waals surface area (Å²) in [6, 6.07) is 22.7. The Morgan fingerprint density at radius 3 is 2.12 bits per heavy atom. The summed E-state index contributed by atoms with van der Waals surface area (Å²) in [5, 5.41) is 8.52. The number of Topliss-reactive ketones (excluding diaryl/α,β-unsaturated/α-hetero) is 1. The highest BCUT2D eigenvalue weighted by Crippen LogP contribution is 2.26. The van der Waals surface area contributed by atoms with E-state index in [9.17, 15) is 4.79 Å². The van der Waals surface area contributed by atoms with E-state index in [-0.39, 0.29) is 5.78 Å². The first-order valence-electron chi connectivity index (χ1n) is 13.9. The number of hydrogen-bond donors (Lipinski definition) is 3. The molecule has 1 saturated heterocycles. The number of piperidine rings is 1. The van der Waals surface area contributed by atoms with Crippen molar-refractivity contribution in [1.82, 2.24) is 25.9 Å². The van der Waals surface area contributed by atoms with Gasteiger partial charge >= 0.3 is 0 Å². The summed E-state index contributed by atoms with van der Waals surface area (Å²) in [6.07, 6.45) is 7.74. The molecule has 3 heterocycles. The Kier molecular flexibility index (Phi) is 8.98. The van der Waals surface area contributed by atoms with Gasteiger partial charge in [-0.3, -0.25) is 19.7 Å². The van der Waals surface area contributed by atoms with E-state index in [2.05, 4.69) is 32.4 Å². The van der Waals surface area contributed by atoms with Crippen LogP contribution in [0.1, 0.15) is 11.1 Å². The third kappa shape index (κ3) is 7.39. The zero-order valence-corrected chi connectivity index (χ0v) is 25.4. The molecule has 1 aromatic heterocycles. The molecule has 3 N–H and O–H groups in total. The van der Waals surface area contributed by atoms with E-state index < -0.39 is 0 Å². The molecule has 3 aromatic carbocycles.